The molecule has 0 unspecified atom stereocenters. The highest BCUT2D eigenvalue weighted by molar-refractivity contribution is 5.74. The van der Waals surface area contributed by atoms with Gasteiger partial charge in [0.2, 0.25) is 0 Å². The van der Waals surface area contributed by atoms with E-state index in [-0.39, 0.29) is 13.3 Å². The van der Waals surface area contributed by atoms with Crippen LogP contribution in [0, 0.1) is 0 Å². The van der Waals surface area contributed by atoms with Gasteiger partial charge in [-0.3, -0.25) is 4.90 Å². The highest BCUT2D eigenvalue weighted by Gasteiger charge is 2.32. The summed E-state index contributed by atoms with van der Waals surface area (Å²) < 4.78 is 15.4. The van der Waals surface area contributed by atoms with Crippen molar-refractivity contribution in [2.24, 2.45) is 0 Å². The van der Waals surface area contributed by atoms with Crippen molar-refractivity contribution in [1.82, 2.24) is 4.90 Å². The van der Waals surface area contributed by atoms with Crippen molar-refractivity contribution in [1.29, 1.82) is 0 Å². The molecule has 0 aromatic heterocycles. The quantitative estimate of drug-likeness (QED) is 0.371. The van der Waals surface area contributed by atoms with Gasteiger partial charge in [0.15, 0.2) is 0 Å². The molecule has 0 rings (SSSR count). The first kappa shape index (κ1) is 19.3. The molecule has 0 aliphatic rings. The topological polar surface area (TPSA) is 65.1 Å². The van der Waals surface area contributed by atoms with Gasteiger partial charge in [-0.25, -0.2) is 4.79 Å². The first-order chi connectivity index (χ1) is 9.80. The number of amides is 1. The molecule has 120 valence electrons. The van der Waals surface area contributed by atoms with E-state index >= 15 is 0 Å². The third-order valence-corrected chi connectivity index (χ3v) is 2.40. The molecule has 6 heteroatoms. The molecule has 1 amide bonds. The van der Waals surface area contributed by atoms with Crippen molar-refractivity contribution < 1.29 is 23.8 Å². The number of rotatable bonds is 9. The van der Waals surface area contributed by atoms with Crippen LogP contribution in [0.1, 0.15) is 20.8 Å². The molecule has 0 aliphatic carbocycles. The van der Waals surface area contributed by atoms with E-state index in [1.54, 1.807) is 20.8 Å². The zero-order chi connectivity index (χ0) is 16.5. The number of carbonyl (C=O) groups excluding carboxylic acids is 2. The highest BCUT2D eigenvalue weighted by Crippen LogP contribution is 2.15. The highest BCUT2D eigenvalue weighted by atomic mass is 16.7. The van der Waals surface area contributed by atoms with Crippen LogP contribution in [0.2, 0.25) is 0 Å². The molecule has 0 fully saturated rings. The van der Waals surface area contributed by atoms with E-state index in [2.05, 4.69) is 13.2 Å². The molecule has 0 spiro atoms. The second-order valence-corrected chi connectivity index (χ2v) is 5.32. The van der Waals surface area contributed by atoms with Crippen molar-refractivity contribution in [3.8, 4) is 0 Å². The molecule has 2 atom stereocenters. The second kappa shape index (κ2) is 9.31. The fraction of sp³-hybridized carbons (Fsp3) is 0.600. The van der Waals surface area contributed by atoms with E-state index in [0.717, 1.165) is 0 Å². The Morgan fingerprint density at radius 3 is 2.33 bits per heavy atom. The number of ether oxygens (including phenoxy) is 3. The number of hydrogen-bond acceptors (Lipinski definition) is 5. The van der Waals surface area contributed by atoms with E-state index < -0.39 is 23.8 Å². The maximum atomic E-state index is 12.2. The van der Waals surface area contributed by atoms with Gasteiger partial charge >= 0.3 is 6.09 Å². The third-order valence-electron chi connectivity index (χ3n) is 2.40. The van der Waals surface area contributed by atoms with Crippen LogP contribution >= 0.6 is 0 Å². The van der Waals surface area contributed by atoms with E-state index in [4.69, 9.17) is 14.2 Å². The van der Waals surface area contributed by atoms with Gasteiger partial charge in [0.1, 0.15) is 30.8 Å². The summed E-state index contributed by atoms with van der Waals surface area (Å²) in [5.41, 5.74) is -0.666. The monoisotopic (exact) mass is 299 g/mol. The predicted molar refractivity (Wildman–Crippen MR) is 79.9 cm³/mol. The zero-order valence-corrected chi connectivity index (χ0v) is 13.2. The number of nitrogens with zero attached hydrogens (tertiary/aromatic N) is 1. The summed E-state index contributed by atoms with van der Waals surface area (Å²) in [5.74, 6) is 0. The fourth-order valence-corrected chi connectivity index (χ4v) is 1.56. The standard InChI is InChI=1S/C15H25NO5/c1-7-9-16(14(18)21-15(3,4)5)12(10-17)13(8-2)20-11-19-6/h7-8,10,12-13H,1-2,9,11H2,3-6H3/t12-,13-/m0/s1. The van der Waals surface area contributed by atoms with Crippen molar-refractivity contribution in [3.05, 3.63) is 25.3 Å². The van der Waals surface area contributed by atoms with Crippen molar-refractivity contribution >= 4 is 12.4 Å². The van der Waals surface area contributed by atoms with Crippen molar-refractivity contribution in [2.45, 2.75) is 38.5 Å². The summed E-state index contributed by atoms with van der Waals surface area (Å²) in [7, 11) is 1.46. The number of aldehydes is 1. The smallest absolute Gasteiger partial charge is 0.411 e. The van der Waals surface area contributed by atoms with Gasteiger partial charge in [0, 0.05) is 13.7 Å². The van der Waals surface area contributed by atoms with Crippen LogP contribution in [0.15, 0.2) is 25.3 Å². The Balaban J connectivity index is 5.17. The molecule has 0 aliphatic heterocycles. The lowest BCUT2D eigenvalue weighted by atomic mass is 10.1. The SMILES string of the molecule is C=CCN(C(=O)OC(C)(C)C)[C@@H](C=O)[C@H](C=C)OCOC. The van der Waals surface area contributed by atoms with Gasteiger partial charge in [-0.2, -0.15) is 0 Å². The maximum Gasteiger partial charge on any atom is 0.411 e. The van der Waals surface area contributed by atoms with E-state index in [1.165, 1.54) is 24.2 Å². The molecule has 21 heavy (non-hydrogen) atoms. The summed E-state index contributed by atoms with van der Waals surface area (Å²) in [6.45, 7) is 12.6. The van der Waals surface area contributed by atoms with Gasteiger partial charge < -0.3 is 19.0 Å². The van der Waals surface area contributed by atoms with Crippen LogP contribution in [-0.2, 0) is 19.0 Å². The largest absolute Gasteiger partial charge is 0.444 e. The second-order valence-electron chi connectivity index (χ2n) is 5.32. The average Bonchev–Trinajstić information content (AvgIpc) is 2.39. The molecular weight excluding hydrogens is 274 g/mol. The van der Waals surface area contributed by atoms with Gasteiger partial charge in [-0.05, 0) is 20.8 Å². The molecule has 0 heterocycles. The fourth-order valence-electron chi connectivity index (χ4n) is 1.56. The summed E-state index contributed by atoms with van der Waals surface area (Å²) in [6.07, 6.45) is 2.26. The van der Waals surface area contributed by atoms with Gasteiger partial charge in [0.05, 0.1) is 0 Å². The molecule has 0 radical (unpaired) electrons. The summed E-state index contributed by atoms with van der Waals surface area (Å²) in [6, 6.07) is -0.870. The molecule has 0 saturated carbocycles. The van der Waals surface area contributed by atoms with E-state index in [0.29, 0.717) is 6.29 Å². The Kier molecular flexibility index (Phi) is 8.57. The van der Waals surface area contributed by atoms with Crippen molar-refractivity contribution in [2.75, 3.05) is 20.4 Å². The van der Waals surface area contributed by atoms with E-state index in [1.807, 2.05) is 0 Å². The van der Waals surface area contributed by atoms with Crippen molar-refractivity contribution in [3.63, 3.8) is 0 Å². The van der Waals surface area contributed by atoms with E-state index in [9.17, 15) is 9.59 Å². The lowest BCUT2D eigenvalue weighted by Crippen LogP contribution is -2.50. The Bertz CT molecular complexity index is 362. The Hall–Kier alpha value is -1.66. The van der Waals surface area contributed by atoms with Gasteiger partial charge in [-0.15, -0.1) is 13.2 Å². The predicted octanol–water partition coefficient (Wildman–Crippen LogP) is 2.15. The van der Waals surface area contributed by atoms with Crippen LogP contribution in [-0.4, -0.2) is 55.5 Å². The van der Waals surface area contributed by atoms with Crippen LogP contribution in [0.25, 0.3) is 0 Å². The minimum atomic E-state index is -0.870. The Morgan fingerprint density at radius 1 is 1.33 bits per heavy atom. The lowest BCUT2D eigenvalue weighted by Gasteiger charge is -2.33. The summed E-state index contributed by atoms with van der Waals surface area (Å²) >= 11 is 0. The number of carbonyl (C=O) groups is 2. The molecule has 0 aromatic rings. The summed E-state index contributed by atoms with van der Waals surface area (Å²) in [4.78, 5) is 24.9. The first-order valence-corrected chi connectivity index (χ1v) is 6.59. The van der Waals surface area contributed by atoms with Gasteiger partial charge in [-0.1, -0.05) is 12.2 Å². The molecular formula is C15H25NO5. The minimum Gasteiger partial charge on any atom is -0.444 e. The molecule has 0 N–H and O–H groups in total. The minimum absolute atomic E-state index is 0.0166. The average molecular weight is 299 g/mol. The normalized spacial score (nSPS) is 13.9. The number of methoxy groups -OCH3 is 1. The van der Waals surface area contributed by atoms with Crippen LogP contribution in [0.5, 0.6) is 0 Å². The van der Waals surface area contributed by atoms with Crippen LogP contribution in [0.4, 0.5) is 4.79 Å². The Labute approximate surface area is 126 Å². The summed E-state index contributed by atoms with van der Waals surface area (Å²) in [5, 5.41) is 0. The molecule has 0 saturated heterocycles. The lowest BCUT2D eigenvalue weighted by molar-refractivity contribution is -0.122. The maximum absolute atomic E-state index is 12.2. The van der Waals surface area contributed by atoms with Gasteiger partial charge in [0.25, 0.3) is 0 Å². The third kappa shape index (κ3) is 7.06. The molecule has 0 aromatic carbocycles. The number of hydrogen-bond donors (Lipinski definition) is 0. The Morgan fingerprint density at radius 2 is 1.95 bits per heavy atom. The molecule has 0 bridgehead atoms. The van der Waals surface area contributed by atoms with Crippen LogP contribution in [0.3, 0.4) is 0 Å². The van der Waals surface area contributed by atoms with Crippen LogP contribution < -0.4 is 0 Å². The molecule has 6 nitrogen and oxygen atoms in total. The first-order valence-electron chi connectivity index (χ1n) is 6.59. The zero-order valence-electron chi connectivity index (χ0n) is 13.2.